The average Bonchev–Trinajstić information content (AvgIpc) is 3.24. The van der Waals surface area contributed by atoms with E-state index in [9.17, 15) is 14.4 Å². The van der Waals surface area contributed by atoms with Crippen molar-refractivity contribution in [3.05, 3.63) is 45.0 Å². The number of carbonyl (C=O) groups is 3. The van der Waals surface area contributed by atoms with E-state index in [4.69, 9.17) is 9.15 Å². The number of amides is 1. The van der Waals surface area contributed by atoms with Crippen LogP contribution in [-0.4, -0.2) is 24.3 Å². The van der Waals surface area contributed by atoms with Crippen LogP contribution in [0, 0.1) is 0 Å². The minimum Gasteiger partial charge on any atom is -0.456 e. The number of aryl methyl sites for hydroxylation is 1. The van der Waals surface area contributed by atoms with Gasteiger partial charge in [-0.05, 0) is 43.4 Å². The summed E-state index contributed by atoms with van der Waals surface area (Å²) in [6.45, 7) is 1.25. The lowest BCUT2D eigenvalue weighted by molar-refractivity contribution is -0.119. The van der Waals surface area contributed by atoms with E-state index >= 15 is 0 Å². The van der Waals surface area contributed by atoms with E-state index < -0.39 is 11.8 Å². The third-order valence-electron chi connectivity index (χ3n) is 4.06. The summed E-state index contributed by atoms with van der Waals surface area (Å²) in [6, 6.07) is 3.13. The summed E-state index contributed by atoms with van der Waals surface area (Å²) < 4.78 is 10.5. The Morgan fingerprint density at radius 3 is 2.84 bits per heavy atom. The zero-order valence-corrected chi connectivity index (χ0v) is 14.7. The molecule has 0 aromatic carbocycles. The first-order valence-corrected chi connectivity index (χ1v) is 9.05. The molecule has 7 heteroatoms. The number of furan rings is 1. The van der Waals surface area contributed by atoms with Gasteiger partial charge >= 0.3 is 5.97 Å². The lowest BCUT2D eigenvalue weighted by Gasteiger charge is -2.12. The van der Waals surface area contributed by atoms with Crippen LogP contribution >= 0.6 is 11.3 Å². The number of rotatable bonds is 6. The van der Waals surface area contributed by atoms with E-state index in [0.717, 1.165) is 31.2 Å². The van der Waals surface area contributed by atoms with Crippen molar-refractivity contribution in [2.75, 3.05) is 6.61 Å². The molecule has 2 aromatic heterocycles. The number of nitrogens with one attached hydrogen (secondary N) is 1. The molecule has 1 amide bonds. The third kappa shape index (κ3) is 4.17. The van der Waals surface area contributed by atoms with Crippen molar-refractivity contribution in [1.29, 1.82) is 0 Å². The van der Waals surface area contributed by atoms with Gasteiger partial charge in [0, 0.05) is 17.2 Å². The summed E-state index contributed by atoms with van der Waals surface area (Å²) in [7, 11) is 0. The van der Waals surface area contributed by atoms with E-state index in [1.165, 1.54) is 17.9 Å². The highest BCUT2D eigenvalue weighted by Crippen LogP contribution is 2.30. The number of thiophene rings is 1. The fourth-order valence-corrected chi connectivity index (χ4v) is 3.89. The van der Waals surface area contributed by atoms with Crippen molar-refractivity contribution in [2.24, 2.45) is 0 Å². The Morgan fingerprint density at radius 2 is 2.04 bits per heavy atom. The minimum absolute atomic E-state index is 0.112. The zero-order valence-electron chi connectivity index (χ0n) is 13.9. The van der Waals surface area contributed by atoms with Crippen LogP contribution in [0.2, 0.25) is 0 Å². The molecule has 0 bridgehead atoms. The van der Waals surface area contributed by atoms with Crippen molar-refractivity contribution in [1.82, 2.24) is 5.32 Å². The summed E-state index contributed by atoms with van der Waals surface area (Å²) in [5, 5.41) is 4.40. The standard InChI is InChI=1S/C18H19NO5S/c1-11(20)19-8-12-6-7-16(24-12)15(21)9-23-18(22)14-10-25-17-5-3-2-4-13(14)17/h6-7,10H,2-5,8-9H2,1H3,(H,19,20). The smallest absolute Gasteiger partial charge is 0.339 e. The molecule has 3 rings (SSSR count). The number of ether oxygens (including phenoxy) is 1. The number of fused-ring (bicyclic) bond motifs is 1. The Labute approximate surface area is 149 Å². The first-order chi connectivity index (χ1) is 12.0. The van der Waals surface area contributed by atoms with E-state index in [-0.39, 0.29) is 24.8 Å². The molecule has 0 saturated heterocycles. The van der Waals surface area contributed by atoms with Crippen LogP contribution in [0.3, 0.4) is 0 Å². The largest absolute Gasteiger partial charge is 0.456 e. The predicted octanol–water partition coefficient (Wildman–Crippen LogP) is 2.90. The van der Waals surface area contributed by atoms with Crippen LogP contribution in [0.15, 0.2) is 21.9 Å². The highest BCUT2D eigenvalue weighted by molar-refractivity contribution is 7.10. The van der Waals surface area contributed by atoms with E-state index in [1.54, 1.807) is 17.4 Å². The van der Waals surface area contributed by atoms with Gasteiger partial charge in [-0.2, -0.15) is 0 Å². The van der Waals surface area contributed by atoms with E-state index in [0.29, 0.717) is 11.3 Å². The molecule has 1 aliphatic carbocycles. The first-order valence-electron chi connectivity index (χ1n) is 8.17. The highest BCUT2D eigenvalue weighted by Gasteiger charge is 2.22. The van der Waals surface area contributed by atoms with Crippen LogP contribution in [0.1, 0.15) is 56.9 Å². The molecule has 1 aliphatic rings. The minimum atomic E-state index is -0.460. The maximum Gasteiger partial charge on any atom is 0.339 e. The molecule has 0 aliphatic heterocycles. The Hall–Kier alpha value is -2.41. The topological polar surface area (TPSA) is 85.6 Å². The van der Waals surface area contributed by atoms with Gasteiger partial charge in [0.15, 0.2) is 12.4 Å². The summed E-state index contributed by atoms with van der Waals surface area (Å²) in [6.07, 6.45) is 4.13. The maximum absolute atomic E-state index is 12.3. The summed E-state index contributed by atoms with van der Waals surface area (Å²) in [5.41, 5.74) is 1.66. The molecule has 0 spiro atoms. The number of hydrogen-bond donors (Lipinski definition) is 1. The molecule has 0 atom stereocenters. The van der Waals surface area contributed by atoms with Crippen molar-refractivity contribution < 1.29 is 23.5 Å². The quantitative estimate of drug-likeness (QED) is 0.632. The van der Waals surface area contributed by atoms with Gasteiger partial charge in [-0.1, -0.05) is 0 Å². The highest BCUT2D eigenvalue weighted by atomic mass is 32.1. The van der Waals surface area contributed by atoms with Crippen LogP contribution in [-0.2, 0) is 28.9 Å². The lowest BCUT2D eigenvalue weighted by atomic mass is 9.96. The first kappa shape index (κ1) is 17.4. The van der Waals surface area contributed by atoms with Crippen LogP contribution in [0.25, 0.3) is 0 Å². The van der Waals surface area contributed by atoms with Gasteiger partial charge in [0.1, 0.15) is 5.76 Å². The monoisotopic (exact) mass is 361 g/mol. The molecule has 2 aromatic rings. The second-order valence-corrected chi connectivity index (χ2v) is 6.90. The number of ketones is 1. The summed E-state index contributed by atoms with van der Waals surface area (Å²) >= 11 is 1.58. The molecule has 0 fully saturated rings. The van der Waals surface area contributed by atoms with Gasteiger partial charge in [-0.25, -0.2) is 4.79 Å². The van der Waals surface area contributed by atoms with Crippen LogP contribution in [0.5, 0.6) is 0 Å². The molecular formula is C18H19NO5S. The molecule has 0 saturated carbocycles. The number of hydrogen-bond acceptors (Lipinski definition) is 6. The van der Waals surface area contributed by atoms with Crippen molar-refractivity contribution in [3.63, 3.8) is 0 Å². The van der Waals surface area contributed by atoms with Crippen LogP contribution in [0.4, 0.5) is 0 Å². The van der Waals surface area contributed by atoms with Gasteiger partial charge in [-0.15, -0.1) is 11.3 Å². The van der Waals surface area contributed by atoms with Gasteiger partial charge in [0.2, 0.25) is 11.7 Å². The van der Waals surface area contributed by atoms with E-state index in [2.05, 4.69) is 5.32 Å². The molecule has 0 radical (unpaired) electrons. The molecule has 6 nitrogen and oxygen atoms in total. The molecule has 132 valence electrons. The Bertz CT molecular complexity index is 804. The zero-order chi connectivity index (χ0) is 17.8. The molecule has 1 N–H and O–H groups in total. The summed E-state index contributed by atoms with van der Waals surface area (Å²) in [4.78, 5) is 36.5. The SMILES string of the molecule is CC(=O)NCc1ccc(C(=O)COC(=O)c2csc3c2CCCC3)o1. The fraction of sp³-hybridized carbons (Fsp3) is 0.389. The third-order valence-corrected chi connectivity index (χ3v) is 5.15. The molecule has 25 heavy (non-hydrogen) atoms. The van der Waals surface area contributed by atoms with Gasteiger partial charge in [0.25, 0.3) is 0 Å². The number of carbonyl (C=O) groups excluding carboxylic acids is 3. The molecular weight excluding hydrogens is 342 g/mol. The van der Waals surface area contributed by atoms with Gasteiger partial charge in [0.05, 0.1) is 12.1 Å². The lowest BCUT2D eigenvalue weighted by Crippen LogP contribution is -2.18. The van der Waals surface area contributed by atoms with Gasteiger partial charge in [-0.3, -0.25) is 9.59 Å². The van der Waals surface area contributed by atoms with E-state index in [1.807, 2.05) is 5.38 Å². The Balaban J connectivity index is 1.56. The van der Waals surface area contributed by atoms with Gasteiger partial charge < -0.3 is 14.5 Å². The maximum atomic E-state index is 12.3. The van der Waals surface area contributed by atoms with Crippen LogP contribution < -0.4 is 5.32 Å². The normalized spacial score (nSPS) is 13.2. The predicted molar refractivity (Wildman–Crippen MR) is 91.8 cm³/mol. The van der Waals surface area contributed by atoms with Crippen molar-refractivity contribution in [2.45, 2.75) is 39.2 Å². The summed E-state index contributed by atoms with van der Waals surface area (Å²) in [5.74, 6) is -0.473. The average molecular weight is 361 g/mol. The van der Waals surface area contributed by atoms with Crippen molar-refractivity contribution >= 4 is 29.0 Å². The fourth-order valence-electron chi connectivity index (χ4n) is 2.78. The second kappa shape index (κ2) is 7.65. The Morgan fingerprint density at radius 1 is 1.24 bits per heavy atom. The van der Waals surface area contributed by atoms with Crippen molar-refractivity contribution in [3.8, 4) is 0 Å². The molecule has 0 unspecified atom stereocenters. The number of esters is 1. The molecule has 2 heterocycles. The second-order valence-electron chi connectivity index (χ2n) is 5.93. The Kier molecular flexibility index (Phi) is 5.33. The number of Topliss-reactive ketones (excluding diaryl/α,β-unsaturated/α-hetero) is 1.